The minimum Gasteiger partial charge on any atom is -0.507 e. The fourth-order valence-corrected chi connectivity index (χ4v) is 5.52. The van der Waals surface area contributed by atoms with Gasteiger partial charge in [0.25, 0.3) is 5.78 Å². The summed E-state index contributed by atoms with van der Waals surface area (Å²) in [4.78, 5) is 33.0. The van der Waals surface area contributed by atoms with E-state index in [9.17, 15) is 14.7 Å². The zero-order valence-corrected chi connectivity index (χ0v) is 21.5. The van der Waals surface area contributed by atoms with Gasteiger partial charge in [0.15, 0.2) is 5.13 Å². The average molecular weight is 515 g/mol. The molecule has 188 valence electrons. The number of fused-ring (bicyclic) bond motifs is 1. The first-order valence-electron chi connectivity index (χ1n) is 12.0. The van der Waals surface area contributed by atoms with Gasteiger partial charge >= 0.3 is 5.91 Å². The minimum absolute atomic E-state index is 0.00378. The van der Waals surface area contributed by atoms with Crippen LogP contribution in [-0.4, -0.2) is 35.5 Å². The van der Waals surface area contributed by atoms with E-state index in [4.69, 9.17) is 14.5 Å². The Hall–Kier alpha value is -4.17. The Morgan fingerprint density at radius 2 is 1.81 bits per heavy atom. The zero-order valence-electron chi connectivity index (χ0n) is 20.7. The lowest BCUT2D eigenvalue weighted by Crippen LogP contribution is -2.29. The fraction of sp³-hybridized carbons (Fsp3) is 0.207. The summed E-state index contributed by atoms with van der Waals surface area (Å²) in [5.41, 5.74) is 2.93. The zero-order chi connectivity index (χ0) is 26.1. The molecule has 3 aromatic carbocycles. The largest absolute Gasteiger partial charge is 0.507 e. The minimum atomic E-state index is -0.882. The molecule has 1 amide bonds. The average Bonchev–Trinajstić information content (AvgIpc) is 3.46. The van der Waals surface area contributed by atoms with Gasteiger partial charge in [-0.1, -0.05) is 36.5 Å². The summed E-state index contributed by atoms with van der Waals surface area (Å²) in [6.45, 7) is 4.47. The van der Waals surface area contributed by atoms with Crippen LogP contribution in [-0.2, 0) is 16.0 Å². The number of aromatic nitrogens is 1. The molecule has 1 unspecified atom stereocenters. The van der Waals surface area contributed by atoms with Crippen molar-refractivity contribution in [1.82, 2.24) is 4.98 Å². The van der Waals surface area contributed by atoms with Crippen molar-refractivity contribution in [2.75, 3.05) is 18.6 Å². The maximum atomic E-state index is 13.5. The van der Waals surface area contributed by atoms with E-state index in [0.29, 0.717) is 34.4 Å². The quantitative estimate of drug-likeness (QED) is 0.188. The number of carbonyl (C=O) groups excluding carboxylic acids is 2. The Labute approximate surface area is 218 Å². The van der Waals surface area contributed by atoms with E-state index >= 15 is 0 Å². The number of ether oxygens (including phenoxy) is 2. The Balaban J connectivity index is 1.68. The summed E-state index contributed by atoms with van der Waals surface area (Å²) in [7, 11) is 1.55. The summed E-state index contributed by atoms with van der Waals surface area (Å²) >= 11 is 1.34. The number of benzene rings is 3. The molecule has 37 heavy (non-hydrogen) atoms. The van der Waals surface area contributed by atoms with Crippen LogP contribution < -0.4 is 14.4 Å². The number of anilines is 1. The highest BCUT2D eigenvalue weighted by Gasteiger charge is 2.48. The first-order chi connectivity index (χ1) is 17.9. The van der Waals surface area contributed by atoms with Crippen LogP contribution in [0.3, 0.4) is 0 Å². The summed E-state index contributed by atoms with van der Waals surface area (Å²) in [6.07, 6.45) is 0.875. The summed E-state index contributed by atoms with van der Waals surface area (Å²) in [6, 6.07) is 19.0. The van der Waals surface area contributed by atoms with Crippen LogP contribution in [0.1, 0.15) is 36.6 Å². The van der Waals surface area contributed by atoms with Crippen molar-refractivity contribution < 1.29 is 24.2 Å². The third-order valence-corrected chi connectivity index (χ3v) is 7.37. The summed E-state index contributed by atoms with van der Waals surface area (Å²) in [5, 5.41) is 11.7. The van der Waals surface area contributed by atoms with Gasteiger partial charge in [0.05, 0.1) is 35.5 Å². The molecule has 0 spiro atoms. The molecule has 1 aliphatic rings. The SMILES string of the molecule is CCOc1ccc(C(O)=C2C(=O)C(=O)N(c3nc4ccc(CC)cc4s3)C2c2cccc(OC)c2)cc1. The highest BCUT2D eigenvalue weighted by molar-refractivity contribution is 7.22. The van der Waals surface area contributed by atoms with Gasteiger partial charge in [-0.05, 0) is 73.0 Å². The molecule has 2 heterocycles. The van der Waals surface area contributed by atoms with Crippen molar-refractivity contribution in [2.24, 2.45) is 0 Å². The van der Waals surface area contributed by atoms with Crippen molar-refractivity contribution in [3.05, 3.63) is 89.0 Å². The lowest BCUT2D eigenvalue weighted by molar-refractivity contribution is -0.132. The molecule has 1 fully saturated rings. The van der Waals surface area contributed by atoms with Gasteiger partial charge in [0.2, 0.25) is 0 Å². The number of aliphatic hydroxyl groups excluding tert-OH is 1. The molecular formula is C29H26N2O5S. The Kier molecular flexibility index (Phi) is 6.67. The molecule has 1 atom stereocenters. The second-order valence-electron chi connectivity index (χ2n) is 8.56. The van der Waals surface area contributed by atoms with Crippen LogP contribution in [0.25, 0.3) is 16.0 Å². The normalized spacial score (nSPS) is 16.9. The van der Waals surface area contributed by atoms with E-state index in [1.165, 1.54) is 16.2 Å². The summed E-state index contributed by atoms with van der Waals surface area (Å²) in [5.74, 6) is -0.556. The molecule has 1 aliphatic heterocycles. The van der Waals surface area contributed by atoms with Crippen molar-refractivity contribution >= 4 is 44.1 Å². The maximum absolute atomic E-state index is 13.5. The molecule has 0 bridgehead atoms. The van der Waals surface area contributed by atoms with Crippen LogP contribution in [0.2, 0.25) is 0 Å². The number of carbonyl (C=O) groups is 2. The number of amides is 1. The lowest BCUT2D eigenvalue weighted by Gasteiger charge is -2.23. The number of Topliss-reactive ketones (excluding diaryl/α,β-unsaturated/α-hetero) is 1. The molecule has 4 aromatic rings. The van der Waals surface area contributed by atoms with Gasteiger partial charge in [-0.25, -0.2) is 4.98 Å². The number of aliphatic hydroxyl groups is 1. The van der Waals surface area contributed by atoms with Crippen molar-refractivity contribution in [2.45, 2.75) is 26.3 Å². The highest BCUT2D eigenvalue weighted by Crippen LogP contribution is 2.45. The van der Waals surface area contributed by atoms with Crippen LogP contribution in [0.15, 0.2) is 72.3 Å². The fourth-order valence-electron chi connectivity index (χ4n) is 4.47. The van der Waals surface area contributed by atoms with Gasteiger partial charge in [0.1, 0.15) is 17.3 Å². The number of rotatable bonds is 7. The predicted octanol–water partition coefficient (Wildman–Crippen LogP) is 5.89. The third-order valence-electron chi connectivity index (χ3n) is 6.35. The van der Waals surface area contributed by atoms with Crippen molar-refractivity contribution in [3.63, 3.8) is 0 Å². The maximum Gasteiger partial charge on any atom is 0.301 e. The monoisotopic (exact) mass is 514 g/mol. The number of ketones is 1. The molecule has 8 heteroatoms. The molecule has 5 rings (SSSR count). The van der Waals surface area contributed by atoms with Gasteiger partial charge in [0, 0.05) is 5.56 Å². The predicted molar refractivity (Wildman–Crippen MR) is 144 cm³/mol. The third kappa shape index (κ3) is 4.44. The molecule has 7 nitrogen and oxygen atoms in total. The molecule has 0 aliphatic carbocycles. The Morgan fingerprint density at radius 1 is 1.03 bits per heavy atom. The number of thiazole rings is 1. The van der Waals surface area contributed by atoms with E-state index in [1.807, 2.05) is 25.1 Å². The second-order valence-corrected chi connectivity index (χ2v) is 9.56. The molecular weight excluding hydrogens is 488 g/mol. The topological polar surface area (TPSA) is 89.0 Å². The van der Waals surface area contributed by atoms with Gasteiger partial charge in [-0.15, -0.1) is 0 Å². The van der Waals surface area contributed by atoms with E-state index < -0.39 is 17.7 Å². The standard InChI is InChI=1S/C29H26N2O5S/c1-4-17-9-14-22-23(15-17)37-29(30-22)31-25(19-7-6-8-21(16-19)35-3)24(27(33)28(31)34)26(32)18-10-12-20(13-11-18)36-5-2/h6-16,25,32H,4-5H2,1-3H3. The Bertz CT molecular complexity index is 1520. The van der Waals surface area contributed by atoms with Gasteiger partial charge < -0.3 is 14.6 Å². The smallest absolute Gasteiger partial charge is 0.301 e. The van der Waals surface area contributed by atoms with E-state index in [0.717, 1.165) is 22.2 Å². The highest BCUT2D eigenvalue weighted by atomic mass is 32.1. The van der Waals surface area contributed by atoms with Crippen LogP contribution in [0.5, 0.6) is 11.5 Å². The van der Waals surface area contributed by atoms with Crippen molar-refractivity contribution in [1.29, 1.82) is 0 Å². The molecule has 1 saturated heterocycles. The molecule has 0 saturated carbocycles. The number of nitrogens with zero attached hydrogens (tertiary/aromatic N) is 2. The number of aryl methyl sites for hydroxylation is 1. The van der Waals surface area contributed by atoms with Crippen LogP contribution in [0, 0.1) is 0 Å². The molecule has 1 N–H and O–H groups in total. The second kappa shape index (κ2) is 10.1. The first-order valence-corrected chi connectivity index (χ1v) is 12.8. The van der Waals surface area contributed by atoms with E-state index in [1.54, 1.807) is 55.6 Å². The number of hydrogen-bond acceptors (Lipinski definition) is 7. The molecule has 1 aromatic heterocycles. The Morgan fingerprint density at radius 3 is 2.51 bits per heavy atom. The lowest BCUT2D eigenvalue weighted by atomic mass is 9.95. The van der Waals surface area contributed by atoms with Gasteiger partial charge in [-0.3, -0.25) is 14.5 Å². The van der Waals surface area contributed by atoms with Crippen LogP contribution >= 0.6 is 11.3 Å². The molecule has 0 radical (unpaired) electrons. The van der Waals surface area contributed by atoms with Crippen LogP contribution in [0.4, 0.5) is 5.13 Å². The van der Waals surface area contributed by atoms with Crippen molar-refractivity contribution in [3.8, 4) is 11.5 Å². The first kappa shape index (κ1) is 24.5. The number of methoxy groups -OCH3 is 1. The van der Waals surface area contributed by atoms with E-state index in [-0.39, 0.29) is 11.3 Å². The van der Waals surface area contributed by atoms with Gasteiger partial charge in [-0.2, -0.15) is 0 Å². The van der Waals surface area contributed by atoms with E-state index in [2.05, 4.69) is 6.92 Å². The number of hydrogen-bond donors (Lipinski definition) is 1. The summed E-state index contributed by atoms with van der Waals surface area (Å²) < 4.78 is 11.8.